The summed E-state index contributed by atoms with van der Waals surface area (Å²) in [6.07, 6.45) is -0.742. The number of halogens is 1. The lowest BCUT2D eigenvalue weighted by Crippen LogP contribution is -2.30. The Balaban J connectivity index is 1.62. The summed E-state index contributed by atoms with van der Waals surface area (Å²) in [6.45, 7) is 1.62. The maximum Gasteiger partial charge on any atom is 0.266 e. The van der Waals surface area contributed by atoms with Crippen molar-refractivity contribution in [3.8, 4) is 22.8 Å². The molecule has 1 heterocycles. The predicted molar refractivity (Wildman–Crippen MR) is 99.2 cm³/mol. The minimum absolute atomic E-state index is 0.329. The van der Waals surface area contributed by atoms with Gasteiger partial charge in [-0.1, -0.05) is 0 Å². The Bertz CT molecular complexity index is 879. The first-order valence-electron chi connectivity index (χ1n) is 7.88. The first-order chi connectivity index (χ1) is 12.5. The van der Waals surface area contributed by atoms with E-state index in [1.165, 1.54) is 35.6 Å². The van der Waals surface area contributed by atoms with Crippen molar-refractivity contribution in [1.29, 1.82) is 0 Å². The lowest BCUT2D eigenvalue weighted by atomic mass is 10.2. The molecule has 0 radical (unpaired) electrons. The second-order valence-corrected chi connectivity index (χ2v) is 6.33. The third-order valence-corrected chi connectivity index (χ3v) is 4.37. The maximum absolute atomic E-state index is 12.9. The van der Waals surface area contributed by atoms with Crippen molar-refractivity contribution in [2.24, 2.45) is 0 Å². The van der Waals surface area contributed by atoms with E-state index in [9.17, 15) is 9.18 Å². The smallest absolute Gasteiger partial charge is 0.266 e. The Labute approximate surface area is 154 Å². The summed E-state index contributed by atoms with van der Waals surface area (Å²) in [5, 5.41) is 5.08. The summed E-state index contributed by atoms with van der Waals surface area (Å²) < 4.78 is 23.5. The fourth-order valence-corrected chi connectivity index (χ4v) is 2.93. The Kier molecular flexibility index (Phi) is 5.48. The highest BCUT2D eigenvalue weighted by molar-refractivity contribution is 7.14. The number of anilines is 1. The van der Waals surface area contributed by atoms with Crippen molar-refractivity contribution in [2.45, 2.75) is 13.0 Å². The van der Waals surface area contributed by atoms with Crippen molar-refractivity contribution in [3.05, 3.63) is 59.7 Å². The summed E-state index contributed by atoms with van der Waals surface area (Å²) in [5.74, 6) is 0.504. The molecule has 0 aliphatic carbocycles. The highest BCUT2D eigenvalue weighted by Gasteiger charge is 2.17. The zero-order valence-corrected chi connectivity index (χ0v) is 15.0. The van der Waals surface area contributed by atoms with Crippen LogP contribution in [0.3, 0.4) is 0 Å². The maximum atomic E-state index is 12.9. The van der Waals surface area contributed by atoms with E-state index < -0.39 is 6.10 Å². The van der Waals surface area contributed by atoms with Crippen molar-refractivity contribution in [2.75, 3.05) is 12.4 Å². The van der Waals surface area contributed by atoms with Gasteiger partial charge in [-0.15, -0.1) is 11.3 Å². The number of amides is 1. The zero-order chi connectivity index (χ0) is 18.5. The largest absolute Gasteiger partial charge is 0.497 e. The number of benzene rings is 2. The van der Waals surface area contributed by atoms with Gasteiger partial charge < -0.3 is 9.47 Å². The van der Waals surface area contributed by atoms with Crippen LogP contribution in [0.1, 0.15) is 6.92 Å². The lowest BCUT2D eigenvalue weighted by molar-refractivity contribution is -0.122. The number of aromatic nitrogens is 1. The molecule has 1 atom stereocenters. The average molecular weight is 372 g/mol. The van der Waals surface area contributed by atoms with Crippen LogP contribution in [0.25, 0.3) is 11.3 Å². The second-order valence-electron chi connectivity index (χ2n) is 5.47. The molecule has 7 heteroatoms. The summed E-state index contributed by atoms with van der Waals surface area (Å²) in [4.78, 5) is 16.7. The van der Waals surface area contributed by atoms with Crippen LogP contribution < -0.4 is 14.8 Å². The van der Waals surface area contributed by atoms with E-state index in [1.807, 2.05) is 29.6 Å². The summed E-state index contributed by atoms with van der Waals surface area (Å²) in [6, 6.07) is 13.0. The molecule has 0 spiro atoms. The molecule has 3 rings (SSSR count). The number of rotatable bonds is 6. The molecular weight excluding hydrogens is 355 g/mol. The zero-order valence-electron chi connectivity index (χ0n) is 14.2. The number of ether oxygens (including phenoxy) is 2. The van der Waals surface area contributed by atoms with Crippen molar-refractivity contribution >= 4 is 22.4 Å². The molecule has 1 amide bonds. The average Bonchev–Trinajstić information content (AvgIpc) is 3.12. The van der Waals surface area contributed by atoms with E-state index in [4.69, 9.17) is 9.47 Å². The predicted octanol–water partition coefficient (Wildman–Crippen LogP) is 4.36. The number of carbonyl (C=O) groups is 1. The van der Waals surface area contributed by atoms with Crippen LogP contribution in [-0.4, -0.2) is 24.1 Å². The molecule has 2 aromatic carbocycles. The Morgan fingerprint density at radius 1 is 1.12 bits per heavy atom. The van der Waals surface area contributed by atoms with Crippen LogP contribution in [-0.2, 0) is 4.79 Å². The topological polar surface area (TPSA) is 60.5 Å². The monoisotopic (exact) mass is 372 g/mol. The Morgan fingerprint density at radius 2 is 1.77 bits per heavy atom. The van der Waals surface area contributed by atoms with Gasteiger partial charge in [0.15, 0.2) is 11.2 Å². The van der Waals surface area contributed by atoms with Gasteiger partial charge in [0.05, 0.1) is 12.8 Å². The van der Waals surface area contributed by atoms with Crippen LogP contribution in [0.15, 0.2) is 53.9 Å². The fraction of sp³-hybridized carbons (Fsp3) is 0.158. The van der Waals surface area contributed by atoms with E-state index in [0.29, 0.717) is 10.9 Å². The molecule has 1 N–H and O–H groups in total. The number of thiazole rings is 1. The summed E-state index contributed by atoms with van der Waals surface area (Å²) in [5.41, 5.74) is 1.69. The number of hydrogen-bond donors (Lipinski definition) is 1. The van der Waals surface area contributed by atoms with Gasteiger partial charge in [-0.05, 0) is 55.5 Å². The van der Waals surface area contributed by atoms with Crippen LogP contribution in [0, 0.1) is 5.82 Å². The van der Waals surface area contributed by atoms with Gasteiger partial charge in [0, 0.05) is 10.9 Å². The second kappa shape index (κ2) is 7.97. The molecule has 0 aliphatic rings. The molecule has 5 nitrogen and oxygen atoms in total. The van der Waals surface area contributed by atoms with Gasteiger partial charge in [0.25, 0.3) is 5.91 Å². The van der Waals surface area contributed by atoms with E-state index in [2.05, 4.69) is 10.3 Å². The Morgan fingerprint density at radius 3 is 2.42 bits per heavy atom. The standard InChI is InChI=1S/C19H17FN2O3S/c1-12(25-16-9-5-14(20)6-10-16)18(23)22-19-21-17(11-26-19)13-3-7-15(24-2)8-4-13/h3-12H,1-2H3,(H,21,22,23). The van der Waals surface area contributed by atoms with Crippen molar-refractivity contribution in [3.63, 3.8) is 0 Å². The van der Waals surface area contributed by atoms with E-state index in [1.54, 1.807) is 14.0 Å². The first-order valence-corrected chi connectivity index (χ1v) is 8.76. The fourth-order valence-electron chi connectivity index (χ4n) is 2.20. The van der Waals surface area contributed by atoms with Gasteiger partial charge >= 0.3 is 0 Å². The van der Waals surface area contributed by atoms with Crippen molar-refractivity contribution in [1.82, 2.24) is 4.98 Å². The molecule has 0 saturated carbocycles. The van der Waals surface area contributed by atoms with Gasteiger partial charge in [-0.25, -0.2) is 9.37 Å². The number of nitrogens with zero attached hydrogens (tertiary/aromatic N) is 1. The van der Waals surface area contributed by atoms with E-state index >= 15 is 0 Å². The number of nitrogens with one attached hydrogen (secondary N) is 1. The molecule has 0 fully saturated rings. The van der Waals surface area contributed by atoms with E-state index in [-0.39, 0.29) is 11.7 Å². The molecule has 134 valence electrons. The quantitative estimate of drug-likeness (QED) is 0.698. The molecule has 1 aromatic heterocycles. The van der Waals surface area contributed by atoms with Crippen LogP contribution in [0.2, 0.25) is 0 Å². The first kappa shape index (κ1) is 17.9. The third kappa shape index (κ3) is 4.37. The van der Waals surface area contributed by atoms with E-state index in [0.717, 1.165) is 17.0 Å². The number of carbonyl (C=O) groups excluding carboxylic acids is 1. The van der Waals surface area contributed by atoms with Gasteiger partial charge in [0.2, 0.25) is 0 Å². The molecule has 3 aromatic rings. The molecule has 26 heavy (non-hydrogen) atoms. The molecule has 1 unspecified atom stereocenters. The molecule has 0 saturated heterocycles. The van der Waals surface area contributed by atoms with Gasteiger partial charge in [-0.2, -0.15) is 0 Å². The highest BCUT2D eigenvalue weighted by Crippen LogP contribution is 2.26. The number of hydrogen-bond acceptors (Lipinski definition) is 5. The van der Waals surface area contributed by atoms with Gasteiger partial charge in [-0.3, -0.25) is 10.1 Å². The molecular formula is C19H17FN2O3S. The van der Waals surface area contributed by atoms with Crippen LogP contribution in [0.4, 0.5) is 9.52 Å². The SMILES string of the molecule is COc1ccc(-c2csc(NC(=O)C(C)Oc3ccc(F)cc3)n2)cc1. The number of methoxy groups -OCH3 is 1. The Hall–Kier alpha value is -2.93. The molecule has 0 bridgehead atoms. The lowest BCUT2D eigenvalue weighted by Gasteiger charge is -2.13. The van der Waals surface area contributed by atoms with Crippen LogP contribution in [0.5, 0.6) is 11.5 Å². The summed E-state index contributed by atoms with van der Waals surface area (Å²) >= 11 is 1.33. The van der Waals surface area contributed by atoms with Gasteiger partial charge in [0.1, 0.15) is 17.3 Å². The summed E-state index contributed by atoms with van der Waals surface area (Å²) in [7, 11) is 1.61. The normalized spacial score (nSPS) is 11.7. The minimum atomic E-state index is -0.742. The van der Waals surface area contributed by atoms with Crippen LogP contribution >= 0.6 is 11.3 Å². The van der Waals surface area contributed by atoms with Crippen molar-refractivity contribution < 1.29 is 18.7 Å². The highest BCUT2D eigenvalue weighted by atomic mass is 32.1. The minimum Gasteiger partial charge on any atom is -0.497 e. The molecule has 0 aliphatic heterocycles. The third-order valence-electron chi connectivity index (χ3n) is 3.62.